The summed E-state index contributed by atoms with van der Waals surface area (Å²) in [6.45, 7) is 13.5. The number of ether oxygens (including phenoxy) is 2. The van der Waals surface area contributed by atoms with Crippen molar-refractivity contribution >= 4 is 29.6 Å². The van der Waals surface area contributed by atoms with Crippen molar-refractivity contribution in [3.05, 3.63) is 26.6 Å². The lowest BCUT2D eigenvalue weighted by molar-refractivity contribution is -0.0616. The second kappa shape index (κ2) is 12.0. The van der Waals surface area contributed by atoms with Gasteiger partial charge in [-0.25, -0.2) is 4.79 Å². The van der Waals surface area contributed by atoms with Gasteiger partial charge in [-0.15, -0.1) is 0 Å². The number of pyridine rings is 1. The Hall–Kier alpha value is -1.39. The summed E-state index contributed by atoms with van der Waals surface area (Å²) in [6.07, 6.45) is 0.396. The van der Waals surface area contributed by atoms with Crippen molar-refractivity contribution in [3.8, 4) is 5.75 Å². The summed E-state index contributed by atoms with van der Waals surface area (Å²) in [5, 5.41) is 11.4. The van der Waals surface area contributed by atoms with Crippen LogP contribution in [-0.2, 0) is 24.9 Å². The maximum absolute atomic E-state index is 13.4. The smallest absolute Gasteiger partial charge is 0.410 e. The number of hydrogen-bond donors (Lipinski definition) is 1. The molecule has 0 aliphatic carbocycles. The number of rotatable bonds is 10. The third kappa shape index (κ3) is 6.92. The van der Waals surface area contributed by atoms with Crippen molar-refractivity contribution in [2.45, 2.75) is 79.2 Å². The van der Waals surface area contributed by atoms with Gasteiger partial charge in [0.1, 0.15) is 11.7 Å². The first-order valence-electron chi connectivity index (χ1n) is 12.1. The largest absolute Gasteiger partial charge is 0.491 e. The Balaban J connectivity index is 2.47. The summed E-state index contributed by atoms with van der Waals surface area (Å²) in [5.74, 6) is 0.0570. The monoisotopic (exact) mass is 594 g/mol. The molecule has 2 atom stereocenters. The van der Waals surface area contributed by atoms with E-state index in [0.717, 1.165) is 0 Å². The second-order valence-electron chi connectivity index (χ2n) is 10.3. The fraction of sp³-hybridized carbons (Fsp3) is 0.750. The van der Waals surface area contributed by atoms with Gasteiger partial charge in [-0.2, -0.15) is 0 Å². The predicted octanol–water partition coefficient (Wildman–Crippen LogP) is 4.95. The van der Waals surface area contributed by atoms with Crippen molar-refractivity contribution in [2.24, 2.45) is 5.41 Å². The molecule has 36 heavy (non-hydrogen) atoms. The molecule has 0 bridgehead atoms. The van der Waals surface area contributed by atoms with Crippen LogP contribution in [0.15, 0.2) is 15.5 Å². The normalized spacial score (nSPS) is 19.5. The molecule has 0 saturated carbocycles. The molecule has 2 unspecified atom stereocenters. The SMILES string of the molecule is CCOP(=O)(CCCN(C(=O)OC(C)(C)C)C1Cn2cc(Br)c(=O)c(OC)c2C(O)C1(C)C)OCC. The molecule has 1 N–H and O–H groups in total. The molecule has 0 spiro atoms. The first-order valence-corrected chi connectivity index (χ1v) is 14.7. The zero-order valence-electron chi connectivity index (χ0n) is 22.5. The quantitative estimate of drug-likeness (QED) is 0.378. The molecule has 1 aliphatic rings. The molecule has 10 nitrogen and oxygen atoms in total. The van der Waals surface area contributed by atoms with Gasteiger partial charge in [-0.3, -0.25) is 9.36 Å². The summed E-state index contributed by atoms with van der Waals surface area (Å²) < 4.78 is 36.9. The van der Waals surface area contributed by atoms with Crippen LogP contribution in [0.25, 0.3) is 0 Å². The molecule has 1 aliphatic heterocycles. The van der Waals surface area contributed by atoms with Gasteiger partial charge in [0.15, 0.2) is 5.75 Å². The Morgan fingerprint density at radius 2 is 1.86 bits per heavy atom. The average molecular weight is 595 g/mol. The minimum absolute atomic E-state index is 0.0570. The number of carbonyl (C=O) groups is 1. The van der Waals surface area contributed by atoms with Crippen molar-refractivity contribution < 1.29 is 33.0 Å². The highest BCUT2D eigenvalue weighted by Gasteiger charge is 2.49. The lowest BCUT2D eigenvalue weighted by atomic mass is 9.74. The second-order valence-corrected chi connectivity index (χ2v) is 13.4. The summed E-state index contributed by atoms with van der Waals surface area (Å²) in [5.41, 5.74) is -1.63. The first kappa shape index (κ1) is 30.8. The minimum Gasteiger partial charge on any atom is -0.491 e. The standard InChI is InChI=1S/C24H40BrN2O8P/c1-9-33-36(31,34-10-2)13-11-12-27(22(30)35-23(3,4)5)17-15-26-14-16(25)19(28)20(32-8)18(26)21(29)24(17,6)7/h14,17,21,29H,9-13,15H2,1-8H3. The van der Waals surface area contributed by atoms with Crippen molar-refractivity contribution in [2.75, 3.05) is 33.0 Å². The molecule has 12 heteroatoms. The first-order chi connectivity index (χ1) is 16.6. The van der Waals surface area contributed by atoms with Crippen LogP contribution < -0.4 is 10.2 Å². The van der Waals surface area contributed by atoms with Crippen molar-refractivity contribution in [1.82, 2.24) is 9.47 Å². The third-order valence-corrected chi connectivity index (χ3v) is 8.85. The Bertz CT molecular complexity index is 1030. The molecule has 206 valence electrons. The Kier molecular flexibility index (Phi) is 10.3. The average Bonchev–Trinajstić information content (AvgIpc) is 2.75. The number of methoxy groups -OCH3 is 1. The Morgan fingerprint density at radius 3 is 2.36 bits per heavy atom. The highest BCUT2D eigenvalue weighted by molar-refractivity contribution is 9.10. The lowest BCUT2D eigenvalue weighted by Crippen LogP contribution is -2.57. The molecule has 1 aromatic rings. The van der Waals surface area contributed by atoms with Crippen LogP contribution in [0.3, 0.4) is 0 Å². The van der Waals surface area contributed by atoms with Crippen molar-refractivity contribution in [1.29, 1.82) is 0 Å². The fourth-order valence-corrected chi connectivity index (χ4v) is 6.47. The summed E-state index contributed by atoms with van der Waals surface area (Å²) in [4.78, 5) is 27.6. The zero-order valence-corrected chi connectivity index (χ0v) is 25.0. The molecule has 0 fully saturated rings. The van der Waals surface area contributed by atoms with Crippen LogP contribution in [0.2, 0.25) is 0 Å². The highest BCUT2D eigenvalue weighted by atomic mass is 79.9. The van der Waals surface area contributed by atoms with Crippen LogP contribution in [0, 0.1) is 5.41 Å². The van der Waals surface area contributed by atoms with E-state index in [0.29, 0.717) is 12.1 Å². The van der Waals surface area contributed by atoms with Crippen LogP contribution in [0.5, 0.6) is 5.75 Å². The number of halogens is 1. The topological polar surface area (TPSA) is 117 Å². The van der Waals surface area contributed by atoms with Gasteiger partial charge in [0.05, 0.1) is 42.7 Å². The van der Waals surface area contributed by atoms with E-state index in [1.54, 1.807) is 50.3 Å². The summed E-state index contributed by atoms with van der Waals surface area (Å²) >= 11 is 3.27. The summed E-state index contributed by atoms with van der Waals surface area (Å²) in [7, 11) is -1.91. The molecule has 0 aromatic carbocycles. The van der Waals surface area contributed by atoms with E-state index in [4.69, 9.17) is 18.5 Å². The molecule has 0 saturated heterocycles. The van der Waals surface area contributed by atoms with Gasteiger partial charge in [0.2, 0.25) is 5.43 Å². The van der Waals surface area contributed by atoms with E-state index in [1.165, 1.54) is 7.11 Å². The molecule has 1 amide bonds. The van der Waals surface area contributed by atoms with E-state index >= 15 is 0 Å². The Morgan fingerprint density at radius 1 is 1.28 bits per heavy atom. The molecular weight excluding hydrogens is 555 g/mol. The number of aromatic nitrogens is 1. The predicted molar refractivity (Wildman–Crippen MR) is 141 cm³/mol. The van der Waals surface area contributed by atoms with Crippen molar-refractivity contribution in [3.63, 3.8) is 0 Å². The summed E-state index contributed by atoms with van der Waals surface area (Å²) in [6, 6.07) is -0.521. The van der Waals surface area contributed by atoms with E-state index in [9.17, 15) is 19.3 Å². The fourth-order valence-electron chi connectivity index (χ4n) is 4.40. The maximum atomic E-state index is 13.4. The van der Waals surface area contributed by atoms with Gasteiger partial charge in [-0.05, 0) is 57.0 Å². The maximum Gasteiger partial charge on any atom is 0.410 e. The molecule has 2 rings (SSSR count). The van der Waals surface area contributed by atoms with E-state index < -0.39 is 36.9 Å². The number of aliphatic hydroxyl groups excluding tert-OH is 1. The molecular formula is C24H40BrN2O8P. The number of fused-ring (bicyclic) bond motifs is 1. The van der Waals surface area contributed by atoms with Gasteiger partial charge < -0.3 is 33.1 Å². The van der Waals surface area contributed by atoms with Gasteiger partial charge >= 0.3 is 13.7 Å². The van der Waals surface area contributed by atoms with Gasteiger partial charge in [-0.1, -0.05) is 13.8 Å². The zero-order chi connectivity index (χ0) is 27.5. The highest BCUT2D eigenvalue weighted by Crippen LogP contribution is 2.49. The van der Waals surface area contributed by atoms with E-state index in [1.807, 2.05) is 13.8 Å². The number of nitrogens with zero attached hydrogens (tertiary/aromatic N) is 2. The number of hydrogen-bond acceptors (Lipinski definition) is 8. The number of carbonyl (C=O) groups excluding carboxylic acids is 1. The lowest BCUT2D eigenvalue weighted by Gasteiger charge is -2.49. The van der Waals surface area contributed by atoms with Crippen LogP contribution in [-0.4, -0.2) is 65.3 Å². The van der Waals surface area contributed by atoms with Crippen LogP contribution in [0.4, 0.5) is 4.79 Å². The van der Waals surface area contributed by atoms with E-state index in [-0.39, 0.29) is 48.1 Å². The Labute approximate surface area is 221 Å². The van der Waals surface area contributed by atoms with Gasteiger partial charge in [0.25, 0.3) is 0 Å². The minimum atomic E-state index is -3.30. The molecule has 0 radical (unpaired) electrons. The van der Waals surface area contributed by atoms with Gasteiger partial charge in [0, 0.05) is 24.7 Å². The van der Waals surface area contributed by atoms with Crippen LogP contribution >= 0.6 is 23.5 Å². The van der Waals surface area contributed by atoms with E-state index in [2.05, 4.69) is 15.9 Å². The molecule has 2 heterocycles. The van der Waals surface area contributed by atoms with Crippen LogP contribution in [0.1, 0.15) is 66.7 Å². The molecule has 1 aromatic heterocycles. The number of aliphatic hydroxyl groups is 1. The third-order valence-electron chi connectivity index (χ3n) is 6.12. The number of amides is 1.